The predicted octanol–water partition coefficient (Wildman–Crippen LogP) is 3.35. The van der Waals surface area contributed by atoms with Gasteiger partial charge in [0.15, 0.2) is 0 Å². The van der Waals surface area contributed by atoms with Crippen molar-refractivity contribution in [2.75, 3.05) is 6.54 Å². The van der Waals surface area contributed by atoms with Crippen molar-refractivity contribution >= 4 is 55.1 Å². The van der Waals surface area contributed by atoms with Crippen LogP contribution in [0.1, 0.15) is 29.6 Å². The molecule has 1 amide bonds. The molecule has 1 atom stereocenters. The Morgan fingerprint density at radius 2 is 2.22 bits per heavy atom. The molecule has 1 aliphatic rings. The van der Waals surface area contributed by atoms with Gasteiger partial charge in [0.25, 0.3) is 5.91 Å². The highest BCUT2D eigenvalue weighted by Crippen LogP contribution is 2.34. The van der Waals surface area contributed by atoms with Crippen LogP contribution in [0, 0.1) is 0 Å². The number of carbonyl (C=O) groups excluding carboxylic acids is 1. The van der Waals surface area contributed by atoms with Crippen LogP contribution in [0.15, 0.2) is 13.6 Å². The van der Waals surface area contributed by atoms with E-state index in [4.69, 9.17) is 5.11 Å². The molecule has 1 aromatic rings. The average Bonchev–Trinajstić information content (AvgIpc) is 2.83. The number of carbonyl (C=O) groups is 2. The smallest absolute Gasteiger partial charge is 0.305 e. The van der Waals surface area contributed by atoms with Crippen molar-refractivity contribution in [1.82, 2.24) is 4.90 Å². The fourth-order valence-corrected chi connectivity index (χ4v) is 4.94. The molecule has 0 aromatic carbocycles. The van der Waals surface area contributed by atoms with Gasteiger partial charge in [0.1, 0.15) is 0 Å². The molecule has 1 aliphatic heterocycles. The van der Waals surface area contributed by atoms with Gasteiger partial charge < -0.3 is 10.0 Å². The van der Waals surface area contributed by atoms with E-state index in [2.05, 4.69) is 31.9 Å². The summed E-state index contributed by atoms with van der Waals surface area (Å²) in [5.74, 6) is -0.946. The van der Waals surface area contributed by atoms with E-state index < -0.39 is 5.97 Å². The van der Waals surface area contributed by atoms with Crippen LogP contribution in [-0.2, 0) is 4.79 Å². The van der Waals surface area contributed by atoms with E-state index in [0.717, 1.165) is 20.4 Å². The van der Waals surface area contributed by atoms with E-state index in [9.17, 15) is 9.59 Å². The molecule has 0 spiro atoms. The van der Waals surface area contributed by atoms with Crippen molar-refractivity contribution in [1.29, 1.82) is 0 Å². The summed E-state index contributed by atoms with van der Waals surface area (Å²) in [5.41, 5.74) is 0.601. The number of hydrogen-bond donors (Lipinski definition) is 1. The average molecular weight is 397 g/mol. The number of thiophene rings is 1. The third kappa shape index (κ3) is 2.95. The van der Waals surface area contributed by atoms with E-state index in [0.29, 0.717) is 12.1 Å². The first-order chi connectivity index (χ1) is 8.49. The van der Waals surface area contributed by atoms with Gasteiger partial charge >= 0.3 is 5.97 Å². The van der Waals surface area contributed by atoms with Crippen LogP contribution in [0.5, 0.6) is 0 Å². The molecule has 1 saturated heterocycles. The van der Waals surface area contributed by atoms with Crippen LogP contribution < -0.4 is 0 Å². The Kier molecular flexibility index (Phi) is 4.45. The lowest BCUT2D eigenvalue weighted by atomic mass is 10.1. The number of halogens is 2. The second kappa shape index (κ2) is 5.71. The Balaban J connectivity index is 2.17. The minimum atomic E-state index is -0.856. The van der Waals surface area contributed by atoms with Gasteiger partial charge in [-0.05, 0) is 50.8 Å². The molecule has 0 radical (unpaired) electrons. The van der Waals surface area contributed by atoms with Crippen LogP contribution in [0.2, 0.25) is 0 Å². The van der Waals surface area contributed by atoms with Crippen molar-refractivity contribution in [3.63, 3.8) is 0 Å². The Morgan fingerprint density at radius 1 is 1.50 bits per heavy atom. The van der Waals surface area contributed by atoms with E-state index in [1.807, 2.05) is 0 Å². The van der Waals surface area contributed by atoms with Crippen molar-refractivity contribution in [2.45, 2.75) is 25.3 Å². The molecule has 1 N–H and O–H groups in total. The van der Waals surface area contributed by atoms with Crippen LogP contribution in [-0.4, -0.2) is 34.5 Å². The van der Waals surface area contributed by atoms with Gasteiger partial charge in [-0.15, -0.1) is 11.3 Å². The molecule has 0 aliphatic carbocycles. The van der Waals surface area contributed by atoms with Gasteiger partial charge in [-0.3, -0.25) is 9.59 Å². The number of amides is 1. The Morgan fingerprint density at radius 3 is 2.78 bits per heavy atom. The van der Waals surface area contributed by atoms with Crippen molar-refractivity contribution in [3.05, 3.63) is 19.2 Å². The van der Waals surface area contributed by atoms with E-state index in [1.54, 1.807) is 11.0 Å². The first-order valence-electron chi connectivity index (χ1n) is 5.46. The number of nitrogens with zero attached hydrogens (tertiary/aromatic N) is 1. The molecule has 7 heteroatoms. The van der Waals surface area contributed by atoms with Crippen molar-refractivity contribution < 1.29 is 14.7 Å². The fourth-order valence-electron chi connectivity index (χ4n) is 2.16. The molecule has 1 fully saturated rings. The molecule has 0 saturated carbocycles. The second-order valence-electron chi connectivity index (χ2n) is 4.13. The minimum Gasteiger partial charge on any atom is -0.481 e. The van der Waals surface area contributed by atoms with Gasteiger partial charge in [0, 0.05) is 12.6 Å². The summed E-state index contributed by atoms with van der Waals surface area (Å²) in [6.45, 7) is 0.636. The maximum absolute atomic E-state index is 12.4. The third-order valence-corrected chi connectivity index (χ3v) is 5.27. The first kappa shape index (κ1) is 14.0. The molecule has 0 bridgehead atoms. The maximum atomic E-state index is 12.4. The highest BCUT2D eigenvalue weighted by molar-refractivity contribution is 9.12. The quantitative estimate of drug-likeness (QED) is 0.852. The molecule has 98 valence electrons. The van der Waals surface area contributed by atoms with E-state index in [-0.39, 0.29) is 18.4 Å². The SMILES string of the molecule is O=C(O)CC1CCCN1C(=O)c1cc(Br)sc1Br. The molecule has 1 aromatic heterocycles. The highest BCUT2D eigenvalue weighted by Gasteiger charge is 2.32. The second-order valence-corrected chi connectivity index (χ2v) is 7.88. The normalized spacial score (nSPS) is 19.2. The summed E-state index contributed by atoms with van der Waals surface area (Å²) in [4.78, 5) is 24.8. The highest BCUT2D eigenvalue weighted by atomic mass is 79.9. The first-order valence-corrected chi connectivity index (χ1v) is 7.87. The summed E-state index contributed by atoms with van der Waals surface area (Å²) in [6.07, 6.45) is 1.66. The minimum absolute atomic E-state index is 0.0225. The topological polar surface area (TPSA) is 57.6 Å². The van der Waals surface area contributed by atoms with Crippen LogP contribution >= 0.6 is 43.2 Å². The summed E-state index contributed by atoms with van der Waals surface area (Å²) >= 11 is 8.14. The molecule has 2 heterocycles. The number of rotatable bonds is 3. The summed E-state index contributed by atoms with van der Waals surface area (Å²) in [5, 5.41) is 8.85. The number of carboxylic acid groups (broad SMARTS) is 1. The van der Waals surface area contributed by atoms with Gasteiger partial charge in [-0.2, -0.15) is 0 Å². The summed E-state index contributed by atoms with van der Waals surface area (Å²) in [7, 11) is 0. The lowest BCUT2D eigenvalue weighted by Crippen LogP contribution is -2.36. The van der Waals surface area contributed by atoms with Crippen molar-refractivity contribution in [3.8, 4) is 0 Å². The van der Waals surface area contributed by atoms with E-state index >= 15 is 0 Å². The number of likely N-dealkylation sites (tertiary alicyclic amines) is 1. The molecule has 2 rings (SSSR count). The zero-order chi connectivity index (χ0) is 13.3. The molecule has 18 heavy (non-hydrogen) atoms. The van der Waals surface area contributed by atoms with Crippen LogP contribution in [0.3, 0.4) is 0 Å². The van der Waals surface area contributed by atoms with Gasteiger partial charge in [0.2, 0.25) is 0 Å². The lowest BCUT2D eigenvalue weighted by Gasteiger charge is -2.23. The third-order valence-electron chi connectivity index (χ3n) is 2.94. The van der Waals surface area contributed by atoms with Gasteiger partial charge in [-0.1, -0.05) is 0 Å². The predicted molar refractivity (Wildman–Crippen MR) is 76.0 cm³/mol. The monoisotopic (exact) mass is 395 g/mol. The molecular weight excluding hydrogens is 386 g/mol. The van der Waals surface area contributed by atoms with Crippen LogP contribution in [0.4, 0.5) is 0 Å². The molecule has 4 nitrogen and oxygen atoms in total. The molecule has 1 unspecified atom stereocenters. The lowest BCUT2D eigenvalue weighted by molar-refractivity contribution is -0.137. The molecular formula is C11H11Br2NO3S. The van der Waals surface area contributed by atoms with Gasteiger partial charge in [0.05, 0.1) is 19.6 Å². The van der Waals surface area contributed by atoms with Crippen molar-refractivity contribution in [2.24, 2.45) is 0 Å². The standard InChI is InChI=1S/C11H11Br2NO3S/c12-8-5-7(10(13)18-8)11(17)14-3-1-2-6(14)4-9(15)16/h5-6H,1-4H2,(H,15,16). The largest absolute Gasteiger partial charge is 0.481 e. The summed E-state index contributed by atoms with van der Waals surface area (Å²) < 4.78 is 1.66. The zero-order valence-corrected chi connectivity index (χ0v) is 13.3. The Bertz CT molecular complexity index is 489. The number of carboxylic acids is 1. The fraction of sp³-hybridized carbons (Fsp3) is 0.455. The zero-order valence-electron chi connectivity index (χ0n) is 9.36. The maximum Gasteiger partial charge on any atom is 0.305 e. The number of hydrogen-bond acceptors (Lipinski definition) is 3. The summed E-state index contributed by atoms with van der Waals surface area (Å²) in [6, 6.07) is 1.59. The van der Waals surface area contributed by atoms with Crippen LogP contribution in [0.25, 0.3) is 0 Å². The van der Waals surface area contributed by atoms with E-state index in [1.165, 1.54) is 11.3 Å². The van der Waals surface area contributed by atoms with Gasteiger partial charge in [-0.25, -0.2) is 0 Å². The Labute approximate surface area is 125 Å². The number of aliphatic carboxylic acids is 1. The Hall–Kier alpha value is -0.400.